The number of carbonyl (C=O) groups excluding carboxylic acids is 2. The Labute approximate surface area is 362 Å². The van der Waals surface area contributed by atoms with E-state index in [4.69, 9.17) is 9.47 Å². The molecule has 0 heterocycles. The minimum atomic E-state index is -0.715. The van der Waals surface area contributed by atoms with Gasteiger partial charge >= 0.3 is 11.9 Å². The molecule has 0 fully saturated rings. The predicted octanol–water partition coefficient (Wildman–Crippen LogP) is 13.9. The van der Waals surface area contributed by atoms with Crippen LogP contribution in [0.25, 0.3) is 39.0 Å². The van der Waals surface area contributed by atoms with E-state index in [1.165, 1.54) is 0 Å². The van der Waals surface area contributed by atoms with Crippen LogP contribution in [0.2, 0.25) is 0 Å². The van der Waals surface area contributed by atoms with Crippen molar-refractivity contribution in [2.75, 3.05) is 23.0 Å². The first-order chi connectivity index (χ1) is 30.5. The molecule has 6 heteroatoms. The molecular weight excluding hydrogens is 765 g/mol. The molecule has 0 spiro atoms. The number of para-hydroxylation sites is 4. The number of carbonyl (C=O) groups is 2. The third kappa shape index (κ3) is 7.78. The molecule has 0 unspecified atom stereocenters. The molecule has 0 atom stereocenters. The van der Waals surface area contributed by atoms with Gasteiger partial charge in [-0.25, -0.2) is 9.59 Å². The second-order valence-electron chi connectivity index (χ2n) is 14.8. The average molecular weight is 809 g/mol. The van der Waals surface area contributed by atoms with Crippen molar-refractivity contribution in [3.63, 3.8) is 0 Å². The van der Waals surface area contributed by atoms with Gasteiger partial charge in [0.2, 0.25) is 0 Å². The number of rotatable bonds is 12. The van der Waals surface area contributed by atoms with Gasteiger partial charge in [0.05, 0.1) is 13.2 Å². The quantitative estimate of drug-likeness (QED) is 0.0530. The van der Waals surface area contributed by atoms with Crippen LogP contribution in [0.4, 0.5) is 34.1 Å². The maximum absolute atomic E-state index is 13.9. The van der Waals surface area contributed by atoms with Gasteiger partial charge in [-0.1, -0.05) is 121 Å². The van der Waals surface area contributed by atoms with E-state index in [-0.39, 0.29) is 18.8 Å². The van der Waals surface area contributed by atoms with Crippen molar-refractivity contribution in [3.8, 4) is 33.4 Å². The Kier molecular flexibility index (Phi) is 11.3. The van der Waals surface area contributed by atoms with Gasteiger partial charge in [-0.3, -0.25) is 0 Å². The van der Waals surface area contributed by atoms with Gasteiger partial charge in [0.1, 0.15) is 0 Å². The second-order valence-corrected chi connectivity index (χ2v) is 14.8. The van der Waals surface area contributed by atoms with Crippen molar-refractivity contribution in [1.82, 2.24) is 0 Å². The largest absolute Gasteiger partial charge is 0.462 e. The Bertz CT molecular complexity index is 2600. The van der Waals surface area contributed by atoms with Gasteiger partial charge in [0.15, 0.2) is 5.57 Å². The normalized spacial score (nSPS) is 11.3. The first kappa shape index (κ1) is 39.5. The fourth-order valence-corrected chi connectivity index (χ4v) is 8.25. The number of anilines is 6. The number of benzene rings is 8. The van der Waals surface area contributed by atoms with Crippen LogP contribution in [0.3, 0.4) is 0 Å². The summed E-state index contributed by atoms with van der Waals surface area (Å²) in [4.78, 5) is 32.2. The van der Waals surface area contributed by atoms with E-state index in [1.807, 2.05) is 72.8 Å². The zero-order chi connectivity index (χ0) is 42.4. The Morgan fingerprint density at radius 1 is 0.355 bits per heavy atom. The summed E-state index contributed by atoms with van der Waals surface area (Å²) in [5.74, 6) is -1.43. The van der Waals surface area contributed by atoms with Crippen LogP contribution in [0.15, 0.2) is 212 Å². The molecule has 0 saturated carbocycles. The lowest BCUT2D eigenvalue weighted by molar-refractivity contribution is -0.146. The number of esters is 2. The molecular formula is C56H44N2O4. The van der Waals surface area contributed by atoms with Crippen LogP contribution in [-0.4, -0.2) is 25.2 Å². The molecule has 6 nitrogen and oxygen atoms in total. The average Bonchev–Trinajstić information content (AvgIpc) is 3.63. The molecule has 0 aliphatic heterocycles. The molecule has 0 bridgehead atoms. The summed E-state index contributed by atoms with van der Waals surface area (Å²) in [6.45, 7) is 3.69. The van der Waals surface area contributed by atoms with Crippen LogP contribution in [0.1, 0.15) is 25.0 Å². The van der Waals surface area contributed by atoms with E-state index in [1.54, 1.807) is 13.8 Å². The zero-order valence-electron chi connectivity index (χ0n) is 34.6. The molecule has 302 valence electrons. The van der Waals surface area contributed by atoms with E-state index in [2.05, 4.69) is 143 Å². The third-order valence-electron chi connectivity index (χ3n) is 11.1. The Morgan fingerprint density at radius 3 is 0.952 bits per heavy atom. The fourth-order valence-electron chi connectivity index (χ4n) is 8.25. The molecule has 1 aliphatic carbocycles. The third-order valence-corrected chi connectivity index (χ3v) is 11.1. The highest BCUT2D eigenvalue weighted by molar-refractivity contribution is 6.25. The van der Waals surface area contributed by atoms with E-state index < -0.39 is 11.9 Å². The maximum atomic E-state index is 13.9. The summed E-state index contributed by atoms with van der Waals surface area (Å²) >= 11 is 0. The fraction of sp³-hybridized carbons (Fsp3) is 0.0714. The molecule has 8 aromatic rings. The summed E-state index contributed by atoms with van der Waals surface area (Å²) in [5.41, 5.74) is 13.9. The van der Waals surface area contributed by atoms with Gasteiger partial charge < -0.3 is 19.3 Å². The molecule has 0 aromatic heterocycles. The van der Waals surface area contributed by atoms with E-state index in [0.29, 0.717) is 5.57 Å². The standard InChI is InChI=1S/C56H44N2O4/c1-3-61-55(59)54(56(60)62-4-2)53-51-37-41(39-25-31-47(32-26-39)57(43-17-9-5-10-18-43)44-19-11-6-12-20-44)29-35-49(51)50-36-30-42(38-52(50)53)40-27-33-48(34-28-40)58(45-21-13-7-14-22-45)46-23-15-8-16-24-46/h5-38H,3-4H2,1-2H3. The van der Waals surface area contributed by atoms with Crippen molar-refractivity contribution in [1.29, 1.82) is 0 Å². The van der Waals surface area contributed by atoms with Crippen molar-refractivity contribution in [2.24, 2.45) is 0 Å². The van der Waals surface area contributed by atoms with Crippen LogP contribution < -0.4 is 9.80 Å². The SMILES string of the molecule is CCOC(=O)C(C(=O)OCC)=C1c2cc(-c3ccc(N(c4ccccc4)c4ccccc4)cc3)ccc2-c2ccc(-c3ccc(N(c4ccccc4)c4ccccc4)cc3)cc21. The first-order valence-corrected chi connectivity index (χ1v) is 20.9. The van der Waals surface area contributed by atoms with Crippen molar-refractivity contribution in [3.05, 3.63) is 223 Å². The highest BCUT2D eigenvalue weighted by Crippen LogP contribution is 2.49. The maximum Gasteiger partial charge on any atom is 0.346 e. The molecule has 0 amide bonds. The van der Waals surface area contributed by atoms with Crippen LogP contribution in [0, 0.1) is 0 Å². The van der Waals surface area contributed by atoms with Gasteiger partial charge in [0, 0.05) is 39.7 Å². The lowest BCUT2D eigenvalue weighted by atomic mass is 9.93. The zero-order valence-corrected chi connectivity index (χ0v) is 34.6. The van der Waals surface area contributed by atoms with Gasteiger partial charge in [-0.05, 0) is 143 Å². The minimum absolute atomic E-state index is 0.111. The predicted molar refractivity (Wildman–Crippen MR) is 251 cm³/mol. The number of hydrogen-bond donors (Lipinski definition) is 0. The Hall–Kier alpha value is -7.96. The van der Waals surface area contributed by atoms with Crippen molar-refractivity contribution >= 4 is 51.6 Å². The Morgan fingerprint density at radius 2 is 0.645 bits per heavy atom. The van der Waals surface area contributed by atoms with Gasteiger partial charge in [-0.2, -0.15) is 0 Å². The molecule has 0 radical (unpaired) electrons. The molecule has 0 N–H and O–H groups in total. The lowest BCUT2D eigenvalue weighted by Crippen LogP contribution is -2.20. The van der Waals surface area contributed by atoms with E-state index >= 15 is 0 Å². The van der Waals surface area contributed by atoms with Crippen LogP contribution in [0.5, 0.6) is 0 Å². The molecule has 9 rings (SSSR count). The highest BCUT2D eigenvalue weighted by atomic mass is 16.6. The van der Waals surface area contributed by atoms with Crippen LogP contribution in [-0.2, 0) is 19.1 Å². The summed E-state index contributed by atoms with van der Waals surface area (Å²) in [6.07, 6.45) is 0. The number of hydrogen-bond acceptors (Lipinski definition) is 6. The van der Waals surface area contributed by atoms with Crippen molar-refractivity contribution < 1.29 is 19.1 Å². The summed E-state index contributed by atoms with van der Waals surface area (Å²) in [6, 6.07) is 70.6. The molecule has 1 aliphatic rings. The minimum Gasteiger partial charge on any atom is -0.462 e. The summed E-state index contributed by atoms with van der Waals surface area (Å²) < 4.78 is 11.1. The lowest BCUT2D eigenvalue weighted by Gasteiger charge is -2.25. The molecule has 8 aromatic carbocycles. The molecule has 62 heavy (non-hydrogen) atoms. The topological polar surface area (TPSA) is 59.1 Å². The van der Waals surface area contributed by atoms with Crippen LogP contribution >= 0.6 is 0 Å². The van der Waals surface area contributed by atoms with Gasteiger partial charge in [-0.15, -0.1) is 0 Å². The monoisotopic (exact) mass is 808 g/mol. The number of nitrogens with zero attached hydrogens (tertiary/aromatic N) is 2. The first-order valence-electron chi connectivity index (χ1n) is 20.9. The van der Waals surface area contributed by atoms with E-state index in [9.17, 15) is 9.59 Å². The Balaban J connectivity index is 1.12. The number of ether oxygens (including phenoxy) is 2. The summed E-state index contributed by atoms with van der Waals surface area (Å²) in [7, 11) is 0. The molecule has 0 saturated heterocycles. The number of fused-ring (bicyclic) bond motifs is 3. The van der Waals surface area contributed by atoms with Crippen molar-refractivity contribution in [2.45, 2.75) is 13.8 Å². The van der Waals surface area contributed by atoms with E-state index in [0.717, 1.165) is 78.6 Å². The smallest absolute Gasteiger partial charge is 0.346 e. The van der Waals surface area contributed by atoms with Gasteiger partial charge in [0.25, 0.3) is 0 Å². The highest BCUT2D eigenvalue weighted by Gasteiger charge is 2.34. The second kappa shape index (κ2) is 17.7. The summed E-state index contributed by atoms with van der Waals surface area (Å²) in [5, 5.41) is 0.